The lowest BCUT2D eigenvalue weighted by molar-refractivity contribution is 0.107. The summed E-state index contributed by atoms with van der Waals surface area (Å²) in [6, 6.07) is 5.90. The summed E-state index contributed by atoms with van der Waals surface area (Å²) in [6.07, 6.45) is 8.70. The second kappa shape index (κ2) is 11.7. The molecule has 9 rings (SSSR count). The lowest BCUT2D eigenvalue weighted by atomic mass is 9.94. The number of hydrogen-bond acceptors (Lipinski definition) is 8. The SMILES string of the molecule is Oc1cc2c3c(c(F)ccc3c1)C/C=C/COCC1CCCN(C1)c1nc(OCC34CCCN3C[C@H](F)C4)nc3c(F)c-2ncc13. The van der Waals surface area contributed by atoms with Crippen molar-refractivity contribution in [3.63, 3.8) is 0 Å². The van der Waals surface area contributed by atoms with Gasteiger partial charge in [-0.2, -0.15) is 9.97 Å². The summed E-state index contributed by atoms with van der Waals surface area (Å²) in [7, 11) is 0. The average Bonchev–Trinajstić information content (AvgIpc) is 3.57. The highest BCUT2D eigenvalue weighted by atomic mass is 19.1. The minimum atomic E-state index is -0.909. The summed E-state index contributed by atoms with van der Waals surface area (Å²) in [5.74, 6) is -0.487. The van der Waals surface area contributed by atoms with E-state index >= 15 is 8.78 Å². The molecule has 0 radical (unpaired) electrons. The molecular formula is C35H36F3N5O3. The number of piperidine rings is 1. The van der Waals surface area contributed by atoms with E-state index in [9.17, 15) is 9.50 Å². The van der Waals surface area contributed by atoms with E-state index in [1.54, 1.807) is 12.3 Å². The Bertz CT molecular complexity index is 1850. The molecule has 46 heavy (non-hydrogen) atoms. The number of benzene rings is 2. The van der Waals surface area contributed by atoms with E-state index in [0.29, 0.717) is 66.8 Å². The number of fused-ring (bicyclic) bond motifs is 6. The van der Waals surface area contributed by atoms with Crippen LogP contribution in [-0.2, 0) is 11.2 Å². The third-order valence-corrected chi connectivity index (χ3v) is 10.2. The monoisotopic (exact) mass is 631 g/mol. The standard InChI is InChI=1S/C35H36F3N5O3/c36-23-15-35(9-4-11-43(35)18-23)20-46-34-40-32-27-16-39-31(30(32)38)26-14-24(44)13-22-7-8-28(37)25(29(22)26)6-1-2-12-45-19-21-5-3-10-42(17-21)33(27)41-34/h1-2,7-8,13-14,16,21,23,44H,3-6,9-12,15,17-20H2/b2-1+/t21?,23-,35?/m1/s1. The maximum absolute atomic E-state index is 16.9. The van der Waals surface area contributed by atoms with Crippen molar-refractivity contribution < 1.29 is 27.8 Å². The molecule has 7 heterocycles. The summed E-state index contributed by atoms with van der Waals surface area (Å²) >= 11 is 0. The van der Waals surface area contributed by atoms with Gasteiger partial charge in [-0.15, -0.1) is 0 Å². The van der Waals surface area contributed by atoms with Crippen LogP contribution < -0.4 is 9.64 Å². The molecule has 1 N–H and O–H groups in total. The Balaban J connectivity index is 1.31. The van der Waals surface area contributed by atoms with Crippen molar-refractivity contribution in [2.24, 2.45) is 5.92 Å². The zero-order chi connectivity index (χ0) is 31.4. The summed E-state index contributed by atoms with van der Waals surface area (Å²) in [5, 5.41) is 12.1. The van der Waals surface area contributed by atoms with Crippen molar-refractivity contribution in [2.75, 3.05) is 50.9 Å². The van der Waals surface area contributed by atoms with Crippen LogP contribution >= 0.6 is 0 Å². The molecular weight excluding hydrogens is 595 g/mol. The number of phenolic OH excluding ortho intramolecular Hbond substituents is 1. The van der Waals surface area contributed by atoms with Gasteiger partial charge in [0, 0.05) is 43.4 Å². The van der Waals surface area contributed by atoms with Crippen molar-refractivity contribution in [1.82, 2.24) is 19.9 Å². The molecule has 3 atom stereocenters. The Morgan fingerprint density at radius 2 is 2.00 bits per heavy atom. The van der Waals surface area contributed by atoms with E-state index in [4.69, 9.17) is 14.5 Å². The minimum absolute atomic E-state index is 0.0232. The van der Waals surface area contributed by atoms with Gasteiger partial charge in [0.1, 0.15) is 41.4 Å². The quantitative estimate of drug-likeness (QED) is 0.271. The Labute approximate surface area is 264 Å². The fourth-order valence-electron chi connectivity index (χ4n) is 8.01. The number of ether oxygens (including phenoxy) is 2. The highest BCUT2D eigenvalue weighted by Gasteiger charge is 2.49. The predicted molar refractivity (Wildman–Crippen MR) is 169 cm³/mol. The van der Waals surface area contributed by atoms with E-state index in [0.717, 1.165) is 32.2 Å². The molecule has 0 saturated carbocycles. The molecule has 0 aliphatic carbocycles. The molecule has 6 bridgehead atoms. The molecule has 2 aromatic carbocycles. The first-order chi connectivity index (χ1) is 22.4. The predicted octanol–water partition coefficient (Wildman–Crippen LogP) is 6.13. The molecule has 3 saturated heterocycles. The molecule has 11 heteroatoms. The van der Waals surface area contributed by atoms with Gasteiger partial charge in [-0.25, -0.2) is 13.2 Å². The van der Waals surface area contributed by atoms with Crippen LogP contribution in [0.3, 0.4) is 0 Å². The first-order valence-electron chi connectivity index (χ1n) is 16.2. The summed E-state index contributed by atoms with van der Waals surface area (Å²) in [6.45, 7) is 3.73. The zero-order valence-corrected chi connectivity index (χ0v) is 25.5. The number of rotatable bonds is 3. The normalized spacial score (nSPS) is 25.8. The number of aromatic hydroxyl groups is 1. The maximum atomic E-state index is 16.9. The van der Waals surface area contributed by atoms with Crippen LogP contribution in [0.25, 0.3) is 32.9 Å². The van der Waals surface area contributed by atoms with Gasteiger partial charge in [-0.05, 0) is 73.5 Å². The number of pyridine rings is 1. The topological polar surface area (TPSA) is 83.8 Å². The van der Waals surface area contributed by atoms with Crippen LogP contribution in [0.2, 0.25) is 0 Å². The molecule has 2 unspecified atom stereocenters. The number of nitrogens with zero attached hydrogens (tertiary/aromatic N) is 5. The van der Waals surface area contributed by atoms with Gasteiger partial charge < -0.3 is 19.5 Å². The first-order valence-corrected chi connectivity index (χ1v) is 16.2. The Hall–Kier alpha value is -3.96. The molecule has 8 nitrogen and oxygen atoms in total. The number of hydrogen-bond donors (Lipinski definition) is 1. The summed E-state index contributed by atoms with van der Waals surface area (Å²) < 4.78 is 59.0. The van der Waals surface area contributed by atoms with Gasteiger partial charge in [0.05, 0.1) is 24.1 Å². The highest BCUT2D eigenvalue weighted by molar-refractivity contribution is 6.01. The Morgan fingerprint density at radius 3 is 2.91 bits per heavy atom. The molecule has 4 aromatic rings. The number of halogens is 3. The number of anilines is 1. The van der Waals surface area contributed by atoms with Gasteiger partial charge in [-0.3, -0.25) is 9.88 Å². The molecule has 0 spiro atoms. The number of allylic oxidation sites excluding steroid dienone is 1. The van der Waals surface area contributed by atoms with E-state index in [1.807, 2.05) is 12.2 Å². The van der Waals surface area contributed by atoms with Gasteiger partial charge in [0.2, 0.25) is 0 Å². The zero-order valence-electron chi connectivity index (χ0n) is 25.5. The lowest BCUT2D eigenvalue weighted by Gasteiger charge is -2.34. The van der Waals surface area contributed by atoms with E-state index < -0.39 is 23.3 Å². The van der Waals surface area contributed by atoms with Crippen LogP contribution in [0.4, 0.5) is 19.0 Å². The van der Waals surface area contributed by atoms with E-state index in [2.05, 4.69) is 19.8 Å². The van der Waals surface area contributed by atoms with Crippen LogP contribution in [0.1, 0.15) is 37.7 Å². The Morgan fingerprint density at radius 1 is 1.09 bits per heavy atom. The molecule has 3 fully saturated rings. The third-order valence-electron chi connectivity index (χ3n) is 10.2. The van der Waals surface area contributed by atoms with E-state index in [1.165, 1.54) is 18.2 Å². The van der Waals surface area contributed by atoms with Crippen molar-refractivity contribution >= 4 is 27.5 Å². The second-order valence-electron chi connectivity index (χ2n) is 13.2. The molecule has 0 amide bonds. The molecule has 240 valence electrons. The number of alkyl halides is 1. The Kier molecular flexibility index (Phi) is 7.48. The van der Waals surface area contributed by atoms with Gasteiger partial charge >= 0.3 is 6.01 Å². The van der Waals surface area contributed by atoms with Crippen molar-refractivity contribution in [3.8, 4) is 23.0 Å². The molecule has 5 aliphatic heterocycles. The summed E-state index contributed by atoms with van der Waals surface area (Å²) in [4.78, 5) is 18.3. The maximum Gasteiger partial charge on any atom is 0.319 e. The number of phenols is 1. The third kappa shape index (κ3) is 5.13. The second-order valence-corrected chi connectivity index (χ2v) is 13.2. The molecule has 5 aliphatic rings. The van der Waals surface area contributed by atoms with Crippen molar-refractivity contribution in [3.05, 3.63) is 59.8 Å². The fraction of sp³-hybridized carbons (Fsp3) is 0.457. The molecule has 2 aromatic heterocycles. The van der Waals surface area contributed by atoms with E-state index in [-0.39, 0.29) is 47.5 Å². The van der Waals surface area contributed by atoms with Crippen molar-refractivity contribution in [1.29, 1.82) is 0 Å². The van der Waals surface area contributed by atoms with Crippen LogP contribution in [0.5, 0.6) is 11.8 Å². The lowest BCUT2D eigenvalue weighted by Crippen LogP contribution is -2.43. The van der Waals surface area contributed by atoms with Gasteiger partial charge in [0.15, 0.2) is 5.82 Å². The van der Waals surface area contributed by atoms with Crippen LogP contribution in [0.15, 0.2) is 42.6 Å². The smallest absolute Gasteiger partial charge is 0.319 e. The van der Waals surface area contributed by atoms with Crippen LogP contribution in [-0.4, -0.2) is 82.7 Å². The first kappa shape index (κ1) is 29.4. The van der Waals surface area contributed by atoms with Gasteiger partial charge in [0.25, 0.3) is 0 Å². The largest absolute Gasteiger partial charge is 0.508 e. The summed E-state index contributed by atoms with van der Waals surface area (Å²) in [5.41, 5.74) is 0.179. The minimum Gasteiger partial charge on any atom is -0.508 e. The fourth-order valence-corrected chi connectivity index (χ4v) is 8.01. The van der Waals surface area contributed by atoms with Crippen LogP contribution in [0, 0.1) is 17.6 Å². The highest BCUT2D eigenvalue weighted by Crippen LogP contribution is 2.42. The number of aromatic nitrogens is 3. The van der Waals surface area contributed by atoms with Gasteiger partial charge in [-0.1, -0.05) is 18.2 Å². The van der Waals surface area contributed by atoms with Crippen molar-refractivity contribution in [2.45, 2.75) is 50.2 Å². The average molecular weight is 632 g/mol.